The van der Waals surface area contributed by atoms with E-state index in [9.17, 15) is 4.79 Å². The van der Waals surface area contributed by atoms with Gasteiger partial charge < -0.3 is 5.32 Å². The van der Waals surface area contributed by atoms with Gasteiger partial charge in [-0.05, 0) is 12.5 Å². The Balaban J connectivity index is 1.99. The minimum atomic E-state index is -0.0136. The smallest absolute Gasteiger partial charge is 0.226 e. The average Bonchev–Trinajstić information content (AvgIpc) is 2.88. The molecule has 20 heavy (non-hydrogen) atoms. The molecule has 2 rings (SSSR count). The van der Waals surface area contributed by atoms with Crippen molar-refractivity contribution in [2.75, 3.05) is 5.32 Å². The standard InChI is InChI=1S/C14H16ClN3OS/c1-2-3-4-9-12(19)16-14-18-17-13(20-14)10-7-5-6-8-11(10)15/h5-8H,2-4,9H2,1H3,(H,16,18,19). The van der Waals surface area contributed by atoms with Gasteiger partial charge in [-0.1, -0.05) is 60.9 Å². The molecule has 2 aromatic rings. The zero-order chi connectivity index (χ0) is 14.4. The Morgan fingerprint density at radius 1 is 1.30 bits per heavy atom. The summed E-state index contributed by atoms with van der Waals surface area (Å²) in [4.78, 5) is 11.7. The van der Waals surface area contributed by atoms with Gasteiger partial charge in [-0.3, -0.25) is 4.79 Å². The van der Waals surface area contributed by atoms with Crippen LogP contribution in [-0.4, -0.2) is 16.1 Å². The maximum absolute atomic E-state index is 11.7. The van der Waals surface area contributed by atoms with Gasteiger partial charge >= 0.3 is 0 Å². The van der Waals surface area contributed by atoms with Crippen molar-refractivity contribution in [3.63, 3.8) is 0 Å². The van der Waals surface area contributed by atoms with E-state index >= 15 is 0 Å². The average molecular weight is 310 g/mol. The second kappa shape index (κ2) is 7.36. The zero-order valence-electron chi connectivity index (χ0n) is 11.2. The van der Waals surface area contributed by atoms with Crippen LogP contribution in [0.3, 0.4) is 0 Å². The van der Waals surface area contributed by atoms with Crippen molar-refractivity contribution in [3.8, 4) is 10.6 Å². The van der Waals surface area contributed by atoms with Crippen molar-refractivity contribution < 1.29 is 4.79 Å². The number of carbonyl (C=O) groups is 1. The van der Waals surface area contributed by atoms with Gasteiger partial charge in [0.25, 0.3) is 0 Å². The van der Waals surface area contributed by atoms with Crippen molar-refractivity contribution in [2.24, 2.45) is 0 Å². The van der Waals surface area contributed by atoms with Crippen molar-refractivity contribution in [2.45, 2.75) is 32.6 Å². The van der Waals surface area contributed by atoms with Crippen LogP contribution in [0.4, 0.5) is 5.13 Å². The molecule has 6 heteroatoms. The SMILES string of the molecule is CCCCCC(=O)Nc1nnc(-c2ccccc2Cl)s1. The third-order valence-electron chi connectivity index (χ3n) is 2.78. The lowest BCUT2D eigenvalue weighted by Crippen LogP contribution is -2.10. The number of rotatable bonds is 6. The fraction of sp³-hybridized carbons (Fsp3) is 0.357. The van der Waals surface area contributed by atoms with Crippen molar-refractivity contribution in [1.29, 1.82) is 0 Å². The summed E-state index contributed by atoms with van der Waals surface area (Å²) in [7, 11) is 0. The molecule has 1 aromatic carbocycles. The number of halogens is 1. The lowest BCUT2D eigenvalue weighted by Gasteiger charge is -2.00. The molecule has 1 amide bonds. The Kier molecular flexibility index (Phi) is 5.49. The predicted molar refractivity (Wildman–Crippen MR) is 83.1 cm³/mol. The van der Waals surface area contributed by atoms with Crippen LogP contribution < -0.4 is 5.32 Å². The van der Waals surface area contributed by atoms with Gasteiger partial charge in [-0.15, -0.1) is 10.2 Å². The summed E-state index contributed by atoms with van der Waals surface area (Å²) in [5.41, 5.74) is 0.832. The van der Waals surface area contributed by atoms with Crippen molar-refractivity contribution in [3.05, 3.63) is 29.3 Å². The van der Waals surface area contributed by atoms with Crippen LogP contribution in [-0.2, 0) is 4.79 Å². The van der Waals surface area contributed by atoms with Gasteiger partial charge in [-0.2, -0.15) is 0 Å². The van der Waals surface area contributed by atoms with Crippen LogP contribution in [0.5, 0.6) is 0 Å². The van der Waals surface area contributed by atoms with Gasteiger partial charge in [0, 0.05) is 12.0 Å². The van der Waals surface area contributed by atoms with Gasteiger partial charge in [0.15, 0.2) is 5.01 Å². The van der Waals surface area contributed by atoms with Crippen molar-refractivity contribution >= 4 is 34.0 Å². The third kappa shape index (κ3) is 4.02. The van der Waals surface area contributed by atoms with E-state index in [1.165, 1.54) is 11.3 Å². The van der Waals surface area contributed by atoms with Gasteiger partial charge in [0.05, 0.1) is 5.02 Å². The van der Waals surface area contributed by atoms with E-state index in [4.69, 9.17) is 11.6 Å². The summed E-state index contributed by atoms with van der Waals surface area (Å²) in [6, 6.07) is 7.45. The molecular weight excluding hydrogens is 294 g/mol. The summed E-state index contributed by atoms with van der Waals surface area (Å²) in [6.07, 6.45) is 3.59. The molecule has 0 saturated heterocycles. The number of unbranched alkanes of at least 4 members (excludes halogenated alkanes) is 2. The molecule has 4 nitrogen and oxygen atoms in total. The molecule has 0 unspecified atom stereocenters. The quantitative estimate of drug-likeness (QED) is 0.806. The predicted octanol–water partition coefficient (Wildman–Crippen LogP) is 4.38. The second-order valence-corrected chi connectivity index (χ2v) is 5.78. The molecule has 1 heterocycles. The molecule has 0 spiro atoms. The first-order chi connectivity index (χ1) is 9.70. The molecule has 0 fully saturated rings. The van der Waals surface area contributed by atoms with Crippen LogP contribution in [0, 0.1) is 0 Å². The Labute approximate surface area is 127 Å². The molecule has 0 aliphatic rings. The number of nitrogens with one attached hydrogen (secondary N) is 1. The lowest BCUT2D eigenvalue weighted by molar-refractivity contribution is -0.116. The Morgan fingerprint density at radius 3 is 2.85 bits per heavy atom. The minimum absolute atomic E-state index is 0.0136. The molecule has 0 radical (unpaired) electrons. The first-order valence-corrected chi connectivity index (χ1v) is 7.78. The fourth-order valence-electron chi connectivity index (χ4n) is 1.73. The van der Waals surface area contributed by atoms with Crippen molar-refractivity contribution in [1.82, 2.24) is 10.2 Å². The number of hydrogen-bond donors (Lipinski definition) is 1. The molecule has 0 atom stereocenters. The van der Waals surface area contributed by atoms with Crippen LogP contribution in [0.15, 0.2) is 24.3 Å². The first-order valence-electron chi connectivity index (χ1n) is 6.59. The molecule has 1 N–H and O–H groups in total. The third-order valence-corrected chi connectivity index (χ3v) is 3.98. The number of hydrogen-bond acceptors (Lipinski definition) is 4. The molecule has 0 aliphatic heterocycles. The number of carbonyl (C=O) groups excluding carboxylic acids is 1. The highest BCUT2D eigenvalue weighted by Gasteiger charge is 2.11. The van der Waals surface area contributed by atoms with Gasteiger partial charge in [0.1, 0.15) is 0 Å². The van der Waals surface area contributed by atoms with E-state index in [0.717, 1.165) is 24.8 Å². The number of aromatic nitrogens is 2. The summed E-state index contributed by atoms with van der Waals surface area (Å²) in [5.74, 6) is -0.0136. The largest absolute Gasteiger partial charge is 0.301 e. The monoisotopic (exact) mass is 309 g/mol. The normalized spacial score (nSPS) is 10.5. The number of anilines is 1. The van der Waals surface area contributed by atoms with Crippen LogP contribution in [0.2, 0.25) is 5.02 Å². The van der Waals surface area contributed by atoms with E-state index in [2.05, 4.69) is 22.4 Å². The van der Waals surface area contributed by atoms with Gasteiger partial charge in [0.2, 0.25) is 11.0 Å². The second-order valence-electron chi connectivity index (χ2n) is 4.40. The minimum Gasteiger partial charge on any atom is -0.301 e. The van der Waals surface area contributed by atoms with Crippen LogP contribution in [0.25, 0.3) is 10.6 Å². The maximum Gasteiger partial charge on any atom is 0.226 e. The summed E-state index contributed by atoms with van der Waals surface area (Å²) >= 11 is 7.44. The Morgan fingerprint density at radius 2 is 2.10 bits per heavy atom. The van der Waals surface area contributed by atoms with E-state index < -0.39 is 0 Å². The van der Waals surface area contributed by atoms with E-state index in [1.54, 1.807) is 6.07 Å². The van der Waals surface area contributed by atoms with E-state index in [-0.39, 0.29) is 5.91 Å². The number of benzene rings is 1. The topological polar surface area (TPSA) is 54.9 Å². The highest BCUT2D eigenvalue weighted by molar-refractivity contribution is 7.18. The fourth-order valence-corrected chi connectivity index (χ4v) is 2.82. The van der Waals surface area contributed by atoms with E-state index in [0.29, 0.717) is 21.6 Å². The Hall–Kier alpha value is -1.46. The zero-order valence-corrected chi connectivity index (χ0v) is 12.8. The van der Waals surface area contributed by atoms with Gasteiger partial charge in [-0.25, -0.2) is 0 Å². The van der Waals surface area contributed by atoms with Crippen LogP contribution in [0.1, 0.15) is 32.6 Å². The van der Waals surface area contributed by atoms with E-state index in [1.807, 2.05) is 18.2 Å². The molecule has 106 valence electrons. The first kappa shape index (κ1) is 14.9. The molecule has 0 bridgehead atoms. The number of nitrogens with zero attached hydrogens (tertiary/aromatic N) is 2. The lowest BCUT2D eigenvalue weighted by atomic mass is 10.2. The summed E-state index contributed by atoms with van der Waals surface area (Å²) in [6.45, 7) is 2.11. The highest BCUT2D eigenvalue weighted by Crippen LogP contribution is 2.31. The maximum atomic E-state index is 11.7. The highest BCUT2D eigenvalue weighted by atomic mass is 35.5. The Bertz CT molecular complexity index is 585. The van der Waals surface area contributed by atoms with Crippen LogP contribution >= 0.6 is 22.9 Å². The molecule has 0 aliphatic carbocycles. The molecule has 1 aromatic heterocycles. The number of amides is 1. The summed E-state index contributed by atoms with van der Waals surface area (Å²) < 4.78 is 0. The summed E-state index contributed by atoms with van der Waals surface area (Å²) in [5, 5.41) is 12.7. The molecule has 0 saturated carbocycles. The molecular formula is C14H16ClN3OS.